The van der Waals surface area contributed by atoms with Crippen LogP contribution in [0.2, 0.25) is 5.02 Å². The predicted octanol–water partition coefficient (Wildman–Crippen LogP) is 4.07. The Morgan fingerprint density at radius 3 is 2.61 bits per heavy atom. The molecule has 0 saturated heterocycles. The molecule has 0 unspecified atom stereocenters. The first kappa shape index (κ1) is 17.1. The molecule has 0 spiro atoms. The quantitative estimate of drug-likeness (QED) is 0.864. The number of benzene rings is 2. The highest BCUT2D eigenvalue weighted by atomic mass is 35.5. The van der Waals surface area contributed by atoms with Crippen molar-refractivity contribution in [2.24, 2.45) is 0 Å². The zero-order chi connectivity index (χ0) is 16.8. The monoisotopic (exact) mass is 337 g/mol. The number of nitrogens with one attached hydrogen (secondary N) is 1. The lowest BCUT2D eigenvalue weighted by molar-refractivity contribution is -0.116. The first-order chi connectivity index (χ1) is 11.1. The van der Waals surface area contributed by atoms with E-state index in [0.29, 0.717) is 17.9 Å². The van der Waals surface area contributed by atoms with Gasteiger partial charge in [-0.1, -0.05) is 29.8 Å². The maximum atomic E-state index is 13.8. The van der Waals surface area contributed by atoms with Crippen molar-refractivity contribution >= 4 is 23.2 Å². The molecule has 0 saturated carbocycles. The van der Waals surface area contributed by atoms with Crippen LogP contribution in [-0.2, 0) is 11.2 Å². The van der Waals surface area contributed by atoms with Crippen LogP contribution < -0.4 is 14.8 Å². The van der Waals surface area contributed by atoms with Gasteiger partial charge in [0.05, 0.1) is 24.9 Å². The molecule has 23 heavy (non-hydrogen) atoms. The Morgan fingerprint density at radius 1 is 1.17 bits per heavy atom. The van der Waals surface area contributed by atoms with Gasteiger partial charge in [-0.05, 0) is 30.2 Å². The van der Waals surface area contributed by atoms with E-state index in [4.69, 9.17) is 21.1 Å². The van der Waals surface area contributed by atoms with Crippen LogP contribution in [0.4, 0.5) is 10.1 Å². The molecular weight excluding hydrogens is 321 g/mol. The van der Waals surface area contributed by atoms with Crippen LogP contribution in [0.1, 0.15) is 12.0 Å². The van der Waals surface area contributed by atoms with Gasteiger partial charge < -0.3 is 14.8 Å². The molecular formula is C17H17ClFNO3. The summed E-state index contributed by atoms with van der Waals surface area (Å²) >= 11 is 5.69. The van der Waals surface area contributed by atoms with Crippen molar-refractivity contribution < 1.29 is 18.7 Å². The van der Waals surface area contributed by atoms with Gasteiger partial charge in [0.25, 0.3) is 0 Å². The number of aryl methyl sites for hydroxylation is 1. The van der Waals surface area contributed by atoms with E-state index in [2.05, 4.69) is 5.32 Å². The molecule has 1 N–H and O–H groups in total. The van der Waals surface area contributed by atoms with Gasteiger partial charge in [-0.2, -0.15) is 0 Å². The number of methoxy groups -OCH3 is 2. The van der Waals surface area contributed by atoms with Crippen molar-refractivity contribution in [3.63, 3.8) is 0 Å². The minimum atomic E-state index is -0.638. The molecule has 0 aliphatic carbocycles. The molecule has 122 valence electrons. The predicted molar refractivity (Wildman–Crippen MR) is 87.9 cm³/mol. The van der Waals surface area contributed by atoms with Crippen LogP contribution >= 0.6 is 11.6 Å². The third-order valence-corrected chi connectivity index (χ3v) is 3.62. The molecule has 0 atom stereocenters. The van der Waals surface area contributed by atoms with E-state index in [9.17, 15) is 9.18 Å². The number of hydrogen-bond acceptors (Lipinski definition) is 3. The minimum Gasteiger partial charge on any atom is -0.493 e. The van der Waals surface area contributed by atoms with Crippen LogP contribution in [0.25, 0.3) is 0 Å². The number of ether oxygens (including phenoxy) is 2. The van der Waals surface area contributed by atoms with Gasteiger partial charge in [-0.25, -0.2) is 4.39 Å². The fourth-order valence-corrected chi connectivity index (χ4v) is 2.39. The van der Waals surface area contributed by atoms with Gasteiger partial charge in [0.15, 0.2) is 17.3 Å². The molecule has 6 heteroatoms. The molecule has 0 radical (unpaired) electrons. The van der Waals surface area contributed by atoms with Crippen molar-refractivity contribution in [3.8, 4) is 11.5 Å². The number of carbonyl (C=O) groups excluding carboxylic acids is 1. The van der Waals surface area contributed by atoms with Gasteiger partial charge in [0, 0.05) is 6.42 Å². The average molecular weight is 338 g/mol. The second-order valence-corrected chi connectivity index (χ2v) is 5.21. The second kappa shape index (κ2) is 7.83. The number of halogens is 2. The SMILES string of the molecule is COc1cccc(CCC(=O)Nc2cccc(Cl)c2F)c1OC. The van der Waals surface area contributed by atoms with E-state index >= 15 is 0 Å². The summed E-state index contributed by atoms with van der Waals surface area (Å²) in [5, 5.41) is 2.49. The van der Waals surface area contributed by atoms with Gasteiger partial charge in [-0.3, -0.25) is 4.79 Å². The topological polar surface area (TPSA) is 47.6 Å². The minimum absolute atomic E-state index is 0.0303. The van der Waals surface area contributed by atoms with E-state index in [1.165, 1.54) is 12.1 Å². The Labute approximate surface area is 139 Å². The molecule has 2 aromatic rings. The first-order valence-corrected chi connectivity index (χ1v) is 7.38. The molecule has 0 bridgehead atoms. The largest absolute Gasteiger partial charge is 0.493 e. The number of anilines is 1. The molecule has 0 heterocycles. The van der Waals surface area contributed by atoms with Crippen molar-refractivity contribution in [1.29, 1.82) is 0 Å². The van der Waals surface area contributed by atoms with Gasteiger partial charge in [0.2, 0.25) is 5.91 Å². The van der Waals surface area contributed by atoms with Crippen LogP contribution in [0.5, 0.6) is 11.5 Å². The summed E-state index contributed by atoms with van der Waals surface area (Å²) in [7, 11) is 3.10. The summed E-state index contributed by atoms with van der Waals surface area (Å²) in [6.07, 6.45) is 0.615. The highest BCUT2D eigenvalue weighted by Crippen LogP contribution is 2.31. The first-order valence-electron chi connectivity index (χ1n) is 7.00. The van der Waals surface area contributed by atoms with E-state index in [0.717, 1.165) is 5.56 Å². The molecule has 0 fully saturated rings. The van der Waals surface area contributed by atoms with Crippen LogP contribution in [0, 0.1) is 5.82 Å². The van der Waals surface area contributed by atoms with Crippen LogP contribution in [-0.4, -0.2) is 20.1 Å². The summed E-state index contributed by atoms with van der Waals surface area (Å²) in [6.45, 7) is 0. The Morgan fingerprint density at radius 2 is 1.91 bits per heavy atom. The van der Waals surface area contributed by atoms with E-state index in [1.54, 1.807) is 26.4 Å². The Kier molecular flexibility index (Phi) is 5.82. The summed E-state index contributed by atoms with van der Waals surface area (Å²) < 4.78 is 24.3. The number of para-hydroxylation sites is 1. The number of amides is 1. The van der Waals surface area contributed by atoms with Crippen molar-refractivity contribution in [3.05, 3.63) is 52.8 Å². The molecule has 0 aromatic heterocycles. The zero-order valence-corrected chi connectivity index (χ0v) is 13.6. The normalized spacial score (nSPS) is 10.3. The summed E-state index contributed by atoms with van der Waals surface area (Å²) in [4.78, 5) is 12.0. The van der Waals surface area contributed by atoms with E-state index in [1.807, 2.05) is 12.1 Å². The lowest BCUT2D eigenvalue weighted by Crippen LogP contribution is -2.13. The summed E-state index contributed by atoms with van der Waals surface area (Å²) in [5.41, 5.74) is 0.911. The zero-order valence-electron chi connectivity index (χ0n) is 12.9. The van der Waals surface area contributed by atoms with Gasteiger partial charge >= 0.3 is 0 Å². The maximum absolute atomic E-state index is 13.8. The summed E-state index contributed by atoms with van der Waals surface area (Å²) in [5.74, 6) is 0.251. The number of hydrogen-bond donors (Lipinski definition) is 1. The van der Waals surface area contributed by atoms with Crippen molar-refractivity contribution in [1.82, 2.24) is 0 Å². The van der Waals surface area contributed by atoms with Crippen LogP contribution in [0.3, 0.4) is 0 Å². The fourth-order valence-electron chi connectivity index (χ4n) is 2.21. The Bertz CT molecular complexity index is 706. The molecule has 4 nitrogen and oxygen atoms in total. The Hall–Kier alpha value is -2.27. The Balaban J connectivity index is 2.04. The van der Waals surface area contributed by atoms with Gasteiger partial charge in [-0.15, -0.1) is 0 Å². The maximum Gasteiger partial charge on any atom is 0.224 e. The van der Waals surface area contributed by atoms with Crippen molar-refractivity contribution in [2.75, 3.05) is 19.5 Å². The molecule has 1 amide bonds. The molecule has 0 aliphatic rings. The smallest absolute Gasteiger partial charge is 0.224 e. The average Bonchev–Trinajstić information content (AvgIpc) is 2.56. The number of rotatable bonds is 6. The van der Waals surface area contributed by atoms with E-state index in [-0.39, 0.29) is 23.0 Å². The third kappa shape index (κ3) is 4.13. The molecule has 2 rings (SSSR count). The van der Waals surface area contributed by atoms with Gasteiger partial charge in [0.1, 0.15) is 0 Å². The van der Waals surface area contributed by atoms with Crippen LogP contribution in [0.15, 0.2) is 36.4 Å². The highest BCUT2D eigenvalue weighted by molar-refractivity contribution is 6.31. The fraction of sp³-hybridized carbons (Fsp3) is 0.235. The van der Waals surface area contributed by atoms with Crippen molar-refractivity contribution in [2.45, 2.75) is 12.8 Å². The standard InChI is InChI=1S/C17H17ClFNO3/c1-22-14-8-3-5-11(17(14)23-2)9-10-15(21)20-13-7-4-6-12(18)16(13)19/h3-8H,9-10H2,1-2H3,(H,20,21). The van der Waals surface area contributed by atoms with E-state index < -0.39 is 5.82 Å². The third-order valence-electron chi connectivity index (χ3n) is 3.33. The summed E-state index contributed by atoms with van der Waals surface area (Å²) in [6, 6.07) is 9.93. The number of carbonyl (C=O) groups is 1. The lowest BCUT2D eigenvalue weighted by atomic mass is 10.1. The molecule has 0 aliphatic heterocycles. The second-order valence-electron chi connectivity index (χ2n) is 4.80. The highest BCUT2D eigenvalue weighted by Gasteiger charge is 2.13. The lowest BCUT2D eigenvalue weighted by Gasteiger charge is -2.12. The molecule has 2 aromatic carbocycles.